The fourth-order valence-electron chi connectivity index (χ4n) is 4.03. The molecule has 0 aromatic heterocycles. The number of rotatable bonds is 8. The van der Waals surface area contributed by atoms with Crippen LogP contribution in [0.15, 0.2) is 47.4 Å². The maximum atomic E-state index is 12.8. The van der Waals surface area contributed by atoms with E-state index >= 15 is 0 Å². The molecule has 188 valence electrons. The van der Waals surface area contributed by atoms with Crippen LogP contribution in [0.3, 0.4) is 0 Å². The van der Waals surface area contributed by atoms with Crippen molar-refractivity contribution in [3.63, 3.8) is 0 Å². The highest BCUT2D eigenvalue weighted by molar-refractivity contribution is 8.18. The standard InChI is InChI=1S/C25H25N3O7S/c1-34-21-13-17(9-10-20(21)35-16-18-7-3-4-8-19(18)28(32)33)14-22-24(30)27(25(31)36-22)15-23(29)26-11-5-2-6-12-26/h3-4,7-10,13-14H,2,5-6,11-12,15-16H2,1H3/b22-14-. The molecule has 2 aliphatic rings. The average Bonchev–Trinajstić information content (AvgIpc) is 3.15. The van der Waals surface area contributed by atoms with Crippen molar-refractivity contribution in [3.05, 3.63) is 68.6 Å². The van der Waals surface area contributed by atoms with Crippen LogP contribution >= 0.6 is 11.8 Å². The number of benzene rings is 2. The molecule has 2 heterocycles. The molecule has 0 aliphatic carbocycles. The van der Waals surface area contributed by atoms with Gasteiger partial charge in [0.1, 0.15) is 13.2 Å². The minimum Gasteiger partial charge on any atom is -0.493 e. The number of nitro benzene ring substituents is 1. The normalized spacial score (nSPS) is 17.0. The number of thioether (sulfide) groups is 1. The van der Waals surface area contributed by atoms with Crippen molar-refractivity contribution in [3.8, 4) is 11.5 Å². The van der Waals surface area contributed by atoms with E-state index in [2.05, 4.69) is 0 Å². The molecule has 4 rings (SSSR count). The highest BCUT2D eigenvalue weighted by Crippen LogP contribution is 2.35. The van der Waals surface area contributed by atoms with Crippen molar-refractivity contribution >= 4 is 40.6 Å². The molecule has 2 aromatic rings. The van der Waals surface area contributed by atoms with E-state index in [1.165, 1.54) is 13.2 Å². The molecule has 0 bridgehead atoms. The number of hydrogen-bond acceptors (Lipinski definition) is 8. The molecule has 0 saturated carbocycles. The van der Waals surface area contributed by atoms with E-state index in [1.54, 1.807) is 47.4 Å². The van der Waals surface area contributed by atoms with Crippen molar-refractivity contribution in [2.24, 2.45) is 0 Å². The third-order valence-electron chi connectivity index (χ3n) is 5.93. The zero-order valence-electron chi connectivity index (χ0n) is 19.7. The molecular formula is C25H25N3O7S. The maximum Gasteiger partial charge on any atom is 0.294 e. The Morgan fingerprint density at radius 1 is 1.11 bits per heavy atom. The number of piperidine rings is 1. The van der Waals surface area contributed by atoms with E-state index in [0.29, 0.717) is 35.7 Å². The molecule has 0 atom stereocenters. The number of carbonyl (C=O) groups excluding carboxylic acids is 3. The number of amides is 3. The van der Waals surface area contributed by atoms with Crippen LogP contribution in [0.2, 0.25) is 0 Å². The van der Waals surface area contributed by atoms with Gasteiger partial charge in [-0.2, -0.15) is 0 Å². The average molecular weight is 512 g/mol. The molecule has 2 aromatic carbocycles. The van der Waals surface area contributed by atoms with Gasteiger partial charge >= 0.3 is 0 Å². The smallest absolute Gasteiger partial charge is 0.294 e. The zero-order chi connectivity index (χ0) is 25.7. The second kappa shape index (κ2) is 11.3. The Bertz CT molecular complexity index is 1220. The van der Waals surface area contributed by atoms with Crippen LogP contribution in [0.1, 0.15) is 30.4 Å². The van der Waals surface area contributed by atoms with E-state index in [4.69, 9.17) is 9.47 Å². The van der Waals surface area contributed by atoms with Gasteiger partial charge in [-0.1, -0.05) is 18.2 Å². The summed E-state index contributed by atoms with van der Waals surface area (Å²) in [4.78, 5) is 51.5. The van der Waals surface area contributed by atoms with Crippen LogP contribution in [-0.4, -0.2) is 58.5 Å². The number of carbonyl (C=O) groups is 3. The van der Waals surface area contributed by atoms with E-state index in [9.17, 15) is 24.5 Å². The first-order valence-electron chi connectivity index (χ1n) is 11.4. The molecule has 0 radical (unpaired) electrons. The van der Waals surface area contributed by atoms with Gasteiger partial charge in [0, 0.05) is 19.2 Å². The van der Waals surface area contributed by atoms with Crippen molar-refractivity contribution in [1.29, 1.82) is 0 Å². The SMILES string of the molecule is COc1cc(/C=C2\SC(=O)N(CC(=O)N3CCCCC3)C2=O)ccc1OCc1ccccc1[N+](=O)[O-]. The fourth-order valence-corrected chi connectivity index (χ4v) is 4.86. The molecule has 0 spiro atoms. The topological polar surface area (TPSA) is 119 Å². The van der Waals surface area contributed by atoms with E-state index in [1.807, 2.05) is 0 Å². The van der Waals surface area contributed by atoms with Gasteiger partial charge in [0.15, 0.2) is 11.5 Å². The first kappa shape index (κ1) is 25.2. The van der Waals surface area contributed by atoms with Crippen LogP contribution in [0.25, 0.3) is 6.08 Å². The van der Waals surface area contributed by atoms with Crippen LogP contribution in [0, 0.1) is 10.1 Å². The summed E-state index contributed by atoms with van der Waals surface area (Å²) in [5.74, 6) is 0.000913. The summed E-state index contributed by atoms with van der Waals surface area (Å²) in [7, 11) is 1.46. The van der Waals surface area contributed by atoms with E-state index in [-0.39, 0.29) is 29.7 Å². The zero-order valence-corrected chi connectivity index (χ0v) is 20.5. The lowest BCUT2D eigenvalue weighted by Crippen LogP contribution is -2.44. The molecule has 0 N–H and O–H groups in total. The number of nitrogens with zero attached hydrogens (tertiary/aromatic N) is 3. The molecular weight excluding hydrogens is 486 g/mol. The van der Waals surface area contributed by atoms with Gasteiger partial charge in [-0.25, -0.2) is 0 Å². The van der Waals surface area contributed by atoms with Gasteiger partial charge in [-0.05, 0) is 60.9 Å². The summed E-state index contributed by atoms with van der Waals surface area (Å²) in [5.41, 5.74) is 0.974. The number of hydrogen-bond donors (Lipinski definition) is 0. The second-order valence-corrected chi connectivity index (χ2v) is 9.29. The van der Waals surface area contributed by atoms with E-state index < -0.39 is 16.1 Å². The second-order valence-electron chi connectivity index (χ2n) is 8.29. The lowest BCUT2D eigenvalue weighted by molar-refractivity contribution is -0.385. The monoisotopic (exact) mass is 511 g/mol. The minimum atomic E-state index is -0.508. The summed E-state index contributed by atoms with van der Waals surface area (Å²) in [5, 5.41) is 10.7. The predicted octanol–water partition coefficient (Wildman–Crippen LogP) is 4.23. The number of methoxy groups -OCH3 is 1. The van der Waals surface area contributed by atoms with Gasteiger partial charge in [0.05, 0.1) is 22.5 Å². The molecule has 36 heavy (non-hydrogen) atoms. The molecule has 11 heteroatoms. The summed E-state index contributed by atoms with van der Waals surface area (Å²) in [6.07, 6.45) is 4.49. The van der Waals surface area contributed by atoms with Crippen molar-refractivity contribution < 1.29 is 28.8 Å². The summed E-state index contributed by atoms with van der Waals surface area (Å²) in [6, 6.07) is 11.3. The van der Waals surface area contributed by atoms with Gasteiger partial charge < -0.3 is 14.4 Å². The van der Waals surface area contributed by atoms with Crippen LogP contribution in [-0.2, 0) is 16.2 Å². The third kappa shape index (κ3) is 5.68. The Hall–Kier alpha value is -3.86. The van der Waals surface area contributed by atoms with Gasteiger partial charge in [0.25, 0.3) is 16.8 Å². The largest absolute Gasteiger partial charge is 0.493 e. The Balaban J connectivity index is 1.45. The summed E-state index contributed by atoms with van der Waals surface area (Å²) >= 11 is 0.787. The quantitative estimate of drug-likeness (QED) is 0.293. The Kier molecular flexibility index (Phi) is 7.89. The van der Waals surface area contributed by atoms with E-state index in [0.717, 1.165) is 35.9 Å². The lowest BCUT2D eigenvalue weighted by atomic mass is 10.1. The Labute approximate surface area is 212 Å². The molecule has 2 saturated heterocycles. The Morgan fingerprint density at radius 2 is 1.86 bits per heavy atom. The van der Waals surface area contributed by atoms with Gasteiger partial charge in [-0.15, -0.1) is 0 Å². The molecule has 10 nitrogen and oxygen atoms in total. The minimum absolute atomic E-state index is 0.0310. The lowest BCUT2D eigenvalue weighted by Gasteiger charge is -2.27. The number of para-hydroxylation sites is 1. The maximum absolute atomic E-state index is 12.8. The van der Waals surface area contributed by atoms with Gasteiger partial charge in [-0.3, -0.25) is 29.4 Å². The van der Waals surface area contributed by atoms with Crippen LogP contribution in [0.4, 0.5) is 10.5 Å². The van der Waals surface area contributed by atoms with Crippen molar-refractivity contribution in [2.75, 3.05) is 26.7 Å². The number of nitro groups is 1. The molecule has 0 unspecified atom stereocenters. The third-order valence-corrected chi connectivity index (χ3v) is 6.84. The van der Waals surface area contributed by atoms with Crippen molar-refractivity contribution in [2.45, 2.75) is 25.9 Å². The fraction of sp³-hybridized carbons (Fsp3) is 0.320. The summed E-state index contributed by atoms with van der Waals surface area (Å²) in [6.45, 7) is 1.01. The number of likely N-dealkylation sites (tertiary alicyclic amines) is 1. The van der Waals surface area contributed by atoms with Crippen LogP contribution in [0.5, 0.6) is 11.5 Å². The first-order chi connectivity index (χ1) is 17.4. The predicted molar refractivity (Wildman–Crippen MR) is 134 cm³/mol. The number of ether oxygens (including phenoxy) is 2. The first-order valence-corrected chi connectivity index (χ1v) is 12.3. The summed E-state index contributed by atoms with van der Waals surface area (Å²) < 4.78 is 11.2. The molecule has 2 aliphatic heterocycles. The Morgan fingerprint density at radius 3 is 2.58 bits per heavy atom. The highest BCUT2D eigenvalue weighted by Gasteiger charge is 2.37. The van der Waals surface area contributed by atoms with Crippen molar-refractivity contribution in [1.82, 2.24) is 9.80 Å². The highest BCUT2D eigenvalue weighted by atomic mass is 32.2. The molecule has 3 amide bonds. The van der Waals surface area contributed by atoms with Crippen LogP contribution < -0.4 is 9.47 Å². The number of imide groups is 1. The van der Waals surface area contributed by atoms with Gasteiger partial charge in [0.2, 0.25) is 5.91 Å². The molecule has 2 fully saturated rings.